The molecule has 6 nitrogen and oxygen atoms in total. The first kappa shape index (κ1) is 24.2. The van der Waals surface area contributed by atoms with Crippen LogP contribution in [0.1, 0.15) is 43.9 Å². The molecule has 0 amide bonds. The monoisotopic (exact) mass is 528 g/mol. The minimum atomic E-state index is -0.337. The third-order valence-corrected chi connectivity index (χ3v) is 4.78. The maximum absolute atomic E-state index is 14.4. The highest BCUT2D eigenvalue weighted by Gasteiger charge is 2.22. The standard InChI is InChI=1S/C22H29FN4O2.HI/c1-4-28-21-18(6-5-11-25-21)13-26-22(24-3)27-15(2)17-9-10-20(19(23)12-17)29-14-16-7-8-16;/h5-6,9-12,15-16H,4,7-8,13-14H2,1-3H3,(H2,24,26,27);1H. The first-order valence-corrected chi connectivity index (χ1v) is 10.1. The zero-order valence-electron chi connectivity index (χ0n) is 17.7. The number of halogens is 2. The summed E-state index contributed by atoms with van der Waals surface area (Å²) in [4.78, 5) is 8.51. The summed E-state index contributed by atoms with van der Waals surface area (Å²) in [6, 6.07) is 8.79. The molecular weight excluding hydrogens is 498 g/mol. The van der Waals surface area contributed by atoms with Gasteiger partial charge in [-0.25, -0.2) is 9.37 Å². The van der Waals surface area contributed by atoms with Crippen molar-refractivity contribution in [2.45, 2.75) is 39.3 Å². The average Bonchev–Trinajstić information content (AvgIpc) is 3.55. The fourth-order valence-electron chi connectivity index (χ4n) is 2.88. The Morgan fingerprint density at radius 2 is 2.10 bits per heavy atom. The minimum Gasteiger partial charge on any atom is -0.490 e. The second-order valence-corrected chi connectivity index (χ2v) is 7.14. The summed E-state index contributed by atoms with van der Waals surface area (Å²) < 4.78 is 25.5. The number of pyridine rings is 1. The topological polar surface area (TPSA) is 67.8 Å². The molecule has 1 saturated carbocycles. The number of benzene rings is 1. The highest BCUT2D eigenvalue weighted by molar-refractivity contribution is 14.0. The molecule has 30 heavy (non-hydrogen) atoms. The highest BCUT2D eigenvalue weighted by Crippen LogP contribution is 2.30. The Morgan fingerprint density at radius 1 is 1.30 bits per heavy atom. The van der Waals surface area contributed by atoms with Gasteiger partial charge in [-0.2, -0.15) is 0 Å². The largest absolute Gasteiger partial charge is 0.490 e. The SMILES string of the molecule is CCOc1ncccc1CNC(=NC)NC(C)c1ccc(OCC2CC2)c(F)c1.I. The molecule has 2 N–H and O–H groups in total. The third kappa shape index (κ3) is 7.00. The molecule has 1 fully saturated rings. The predicted molar refractivity (Wildman–Crippen MR) is 127 cm³/mol. The van der Waals surface area contributed by atoms with E-state index in [-0.39, 0.29) is 35.8 Å². The van der Waals surface area contributed by atoms with Crippen LogP contribution in [0.25, 0.3) is 0 Å². The first-order valence-electron chi connectivity index (χ1n) is 10.1. The zero-order valence-corrected chi connectivity index (χ0v) is 20.0. The number of hydrogen-bond donors (Lipinski definition) is 2. The Bertz CT molecular complexity index is 846. The number of aromatic nitrogens is 1. The van der Waals surface area contributed by atoms with Crippen molar-refractivity contribution in [3.63, 3.8) is 0 Å². The lowest BCUT2D eigenvalue weighted by Gasteiger charge is -2.19. The molecule has 2 aromatic rings. The van der Waals surface area contributed by atoms with Gasteiger partial charge in [0.2, 0.25) is 5.88 Å². The van der Waals surface area contributed by atoms with Crippen molar-refractivity contribution in [2.75, 3.05) is 20.3 Å². The van der Waals surface area contributed by atoms with Gasteiger partial charge in [0, 0.05) is 25.4 Å². The van der Waals surface area contributed by atoms with Crippen LogP contribution in [0.5, 0.6) is 11.6 Å². The second kappa shape index (κ2) is 11.9. The summed E-state index contributed by atoms with van der Waals surface area (Å²) in [5.41, 5.74) is 1.76. The normalized spacial score (nSPS) is 14.5. The van der Waals surface area contributed by atoms with Crippen LogP contribution in [0.3, 0.4) is 0 Å². The van der Waals surface area contributed by atoms with Crippen molar-refractivity contribution in [2.24, 2.45) is 10.9 Å². The summed E-state index contributed by atoms with van der Waals surface area (Å²) in [5, 5.41) is 6.53. The summed E-state index contributed by atoms with van der Waals surface area (Å²) in [6.45, 7) is 5.55. The van der Waals surface area contributed by atoms with Crippen LogP contribution < -0.4 is 20.1 Å². The molecular formula is C22H30FIN4O2. The molecule has 1 heterocycles. The molecule has 1 unspecified atom stereocenters. The number of ether oxygens (including phenoxy) is 2. The number of nitrogens with one attached hydrogen (secondary N) is 2. The highest BCUT2D eigenvalue weighted by atomic mass is 127. The van der Waals surface area contributed by atoms with Crippen LogP contribution >= 0.6 is 24.0 Å². The minimum absolute atomic E-state index is 0. The van der Waals surface area contributed by atoms with Gasteiger partial charge in [-0.15, -0.1) is 24.0 Å². The average molecular weight is 528 g/mol. The van der Waals surface area contributed by atoms with Gasteiger partial charge in [0.1, 0.15) is 0 Å². The Labute approximate surface area is 194 Å². The van der Waals surface area contributed by atoms with Gasteiger partial charge >= 0.3 is 0 Å². The maximum atomic E-state index is 14.4. The molecule has 164 valence electrons. The lowest BCUT2D eigenvalue weighted by molar-refractivity contribution is 0.285. The van der Waals surface area contributed by atoms with Crippen LogP contribution in [-0.4, -0.2) is 31.2 Å². The molecule has 1 aromatic carbocycles. The molecule has 1 aliphatic carbocycles. The van der Waals surface area contributed by atoms with E-state index in [1.165, 1.54) is 18.9 Å². The van der Waals surface area contributed by atoms with E-state index in [1.807, 2.05) is 32.0 Å². The van der Waals surface area contributed by atoms with Gasteiger partial charge in [0.25, 0.3) is 0 Å². The molecule has 1 atom stereocenters. The zero-order chi connectivity index (χ0) is 20.6. The van der Waals surface area contributed by atoms with Crippen LogP contribution in [0.2, 0.25) is 0 Å². The van der Waals surface area contributed by atoms with Crippen molar-refractivity contribution in [1.29, 1.82) is 0 Å². The van der Waals surface area contributed by atoms with E-state index in [0.717, 1.165) is 11.1 Å². The van der Waals surface area contributed by atoms with Gasteiger partial charge in [0.15, 0.2) is 17.5 Å². The van der Waals surface area contributed by atoms with Crippen molar-refractivity contribution in [3.05, 3.63) is 53.5 Å². The molecule has 3 rings (SSSR count). The molecule has 0 spiro atoms. The van der Waals surface area contributed by atoms with Crippen LogP contribution in [0, 0.1) is 11.7 Å². The summed E-state index contributed by atoms with van der Waals surface area (Å²) in [5.74, 6) is 1.78. The first-order chi connectivity index (χ1) is 14.1. The molecule has 0 aliphatic heterocycles. The van der Waals surface area contributed by atoms with Crippen molar-refractivity contribution in [1.82, 2.24) is 15.6 Å². The van der Waals surface area contributed by atoms with Crippen LogP contribution in [0.15, 0.2) is 41.5 Å². The smallest absolute Gasteiger partial charge is 0.218 e. The Morgan fingerprint density at radius 3 is 2.77 bits per heavy atom. The van der Waals surface area contributed by atoms with Crippen LogP contribution in [-0.2, 0) is 6.54 Å². The number of aliphatic imine (C=N–C) groups is 1. The Kier molecular flexibility index (Phi) is 9.61. The quantitative estimate of drug-likeness (QED) is 0.286. The third-order valence-electron chi connectivity index (χ3n) is 4.78. The van der Waals surface area contributed by atoms with Gasteiger partial charge in [-0.05, 0) is 56.4 Å². The lowest BCUT2D eigenvalue weighted by atomic mass is 10.1. The number of rotatable bonds is 9. The molecule has 1 aliphatic rings. The van der Waals surface area contributed by atoms with Gasteiger partial charge < -0.3 is 20.1 Å². The van der Waals surface area contributed by atoms with E-state index in [4.69, 9.17) is 9.47 Å². The summed E-state index contributed by atoms with van der Waals surface area (Å²) in [7, 11) is 1.70. The molecule has 1 aromatic heterocycles. The van der Waals surface area contributed by atoms with E-state index < -0.39 is 0 Å². The number of guanidine groups is 1. The summed E-state index contributed by atoms with van der Waals surface area (Å²) >= 11 is 0. The van der Waals surface area contributed by atoms with E-state index >= 15 is 0 Å². The van der Waals surface area contributed by atoms with E-state index in [0.29, 0.717) is 43.3 Å². The molecule has 0 radical (unpaired) electrons. The fraction of sp³-hybridized carbons (Fsp3) is 0.455. The predicted octanol–water partition coefficient (Wildman–Crippen LogP) is 4.45. The van der Waals surface area contributed by atoms with Gasteiger partial charge in [-0.1, -0.05) is 12.1 Å². The molecule has 0 bridgehead atoms. The van der Waals surface area contributed by atoms with E-state index in [2.05, 4.69) is 20.6 Å². The maximum Gasteiger partial charge on any atom is 0.218 e. The Balaban J connectivity index is 0.00000320. The van der Waals surface area contributed by atoms with Crippen LogP contribution in [0.4, 0.5) is 4.39 Å². The Hall–Kier alpha value is -2.10. The van der Waals surface area contributed by atoms with Crippen molar-refractivity contribution < 1.29 is 13.9 Å². The van der Waals surface area contributed by atoms with Gasteiger partial charge in [-0.3, -0.25) is 4.99 Å². The molecule has 0 saturated heterocycles. The second-order valence-electron chi connectivity index (χ2n) is 7.14. The fourth-order valence-corrected chi connectivity index (χ4v) is 2.88. The number of hydrogen-bond acceptors (Lipinski definition) is 4. The van der Waals surface area contributed by atoms with E-state index in [1.54, 1.807) is 19.3 Å². The van der Waals surface area contributed by atoms with E-state index in [9.17, 15) is 4.39 Å². The van der Waals surface area contributed by atoms with Gasteiger partial charge in [0.05, 0.1) is 19.3 Å². The number of nitrogens with zero attached hydrogens (tertiary/aromatic N) is 2. The summed E-state index contributed by atoms with van der Waals surface area (Å²) in [6.07, 6.45) is 4.06. The van der Waals surface area contributed by atoms with Crippen molar-refractivity contribution in [3.8, 4) is 11.6 Å². The molecule has 8 heteroatoms. The lowest BCUT2D eigenvalue weighted by Crippen LogP contribution is -2.38. The van der Waals surface area contributed by atoms with Crippen molar-refractivity contribution >= 4 is 29.9 Å².